The quantitative estimate of drug-likeness (QED) is 0.829. The summed E-state index contributed by atoms with van der Waals surface area (Å²) in [5.74, 6) is 1.26. The van der Waals surface area contributed by atoms with Crippen molar-refractivity contribution < 1.29 is 28.5 Å². The van der Waals surface area contributed by atoms with Gasteiger partial charge in [-0.05, 0) is 43.4 Å². The van der Waals surface area contributed by atoms with E-state index >= 15 is 0 Å². The van der Waals surface area contributed by atoms with Crippen molar-refractivity contribution >= 4 is 12.2 Å². The molecular weight excluding hydrogens is 364 g/mol. The average Bonchev–Trinajstić information content (AvgIpc) is 3.37. The largest absolute Gasteiger partial charge is 0.493 e. The molecule has 0 bridgehead atoms. The van der Waals surface area contributed by atoms with Gasteiger partial charge in [0.05, 0.1) is 33.5 Å². The van der Waals surface area contributed by atoms with Gasteiger partial charge in [0.2, 0.25) is 0 Å². The van der Waals surface area contributed by atoms with Crippen LogP contribution >= 0.6 is 0 Å². The molecule has 2 amide bonds. The molecule has 1 N–H and O–H groups in total. The molecule has 1 aromatic carbocycles. The zero-order chi connectivity index (χ0) is 20.1. The first-order valence-corrected chi connectivity index (χ1v) is 9.57. The highest BCUT2D eigenvalue weighted by Crippen LogP contribution is 2.37. The summed E-state index contributed by atoms with van der Waals surface area (Å²) >= 11 is 0. The summed E-state index contributed by atoms with van der Waals surface area (Å²) in [6.45, 7) is 0.772. The Morgan fingerprint density at radius 1 is 1.04 bits per heavy atom. The molecule has 2 atom stereocenters. The lowest BCUT2D eigenvalue weighted by molar-refractivity contribution is 0.131. The first-order valence-electron chi connectivity index (χ1n) is 9.57. The van der Waals surface area contributed by atoms with E-state index in [2.05, 4.69) is 5.32 Å². The van der Waals surface area contributed by atoms with Crippen molar-refractivity contribution in [3.05, 3.63) is 23.8 Å². The predicted octanol–water partition coefficient (Wildman–Crippen LogP) is 2.91. The summed E-state index contributed by atoms with van der Waals surface area (Å²) in [7, 11) is 4.28. The zero-order valence-corrected chi connectivity index (χ0v) is 16.6. The standard InChI is InChI=1S/C20H28N2O6/c1-25-17-9-8-13(10-18(17)28-14-6-4-5-7-14)15-11-22(20(24)27-3)12-16(15)21-19(23)26-2/h8-10,14-16H,4-7,11-12H2,1-3H3,(H,21,23). The normalized spacial score (nSPS) is 22.0. The van der Waals surface area contributed by atoms with Crippen LogP contribution in [-0.2, 0) is 9.47 Å². The Morgan fingerprint density at radius 3 is 2.43 bits per heavy atom. The Kier molecular flexibility index (Phi) is 6.49. The summed E-state index contributed by atoms with van der Waals surface area (Å²) in [4.78, 5) is 25.4. The Hall–Kier alpha value is -2.64. The van der Waals surface area contributed by atoms with Gasteiger partial charge in [-0.25, -0.2) is 9.59 Å². The van der Waals surface area contributed by atoms with Crippen LogP contribution in [0.15, 0.2) is 18.2 Å². The van der Waals surface area contributed by atoms with E-state index in [1.807, 2.05) is 18.2 Å². The minimum atomic E-state index is -0.530. The summed E-state index contributed by atoms with van der Waals surface area (Å²) < 4.78 is 21.2. The molecule has 2 unspecified atom stereocenters. The van der Waals surface area contributed by atoms with E-state index < -0.39 is 12.2 Å². The van der Waals surface area contributed by atoms with Gasteiger partial charge in [-0.2, -0.15) is 0 Å². The van der Waals surface area contributed by atoms with Crippen LogP contribution in [0.3, 0.4) is 0 Å². The van der Waals surface area contributed by atoms with Crippen LogP contribution in [0.25, 0.3) is 0 Å². The lowest BCUT2D eigenvalue weighted by Gasteiger charge is -2.22. The number of benzene rings is 1. The third kappa shape index (κ3) is 4.43. The van der Waals surface area contributed by atoms with Crippen LogP contribution in [-0.4, -0.2) is 63.7 Å². The lowest BCUT2D eigenvalue weighted by atomic mass is 9.94. The number of methoxy groups -OCH3 is 3. The van der Waals surface area contributed by atoms with Crippen LogP contribution in [0.1, 0.15) is 37.2 Å². The number of nitrogens with zero attached hydrogens (tertiary/aromatic N) is 1. The van der Waals surface area contributed by atoms with E-state index in [0.29, 0.717) is 24.6 Å². The Morgan fingerprint density at radius 2 is 1.79 bits per heavy atom. The summed E-state index contributed by atoms with van der Waals surface area (Å²) in [6.07, 6.45) is 3.68. The average molecular weight is 392 g/mol. The van der Waals surface area contributed by atoms with Gasteiger partial charge in [-0.15, -0.1) is 0 Å². The second-order valence-electron chi connectivity index (χ2n) is 7.16. The molecular formula is C20H28N2O6. The number of rotatable bonds is 5. The molecule has 1 aliphatic heterocycles. The molecule has 0 spiro atoms. The van der Waals surface area contributed by atoms with Crippen LogP contribution in [0.4, 0.5) is 9.59 Å². The molecule has 2 fully saturated rings. The van der Waals surface area contributed by atoms with Crippen molar-refractivity contribution in [3.63, 3.8) is 0 Å². The van der Waals surface area contributed by atoms with Crippen molar-refractivity contribution in [3.8, 4) is 11.5 Å². The van der Waals surface area contributed by atoms with Crippen LogP contribution in [0, 0.1) is 0 Å². The number of ether oxygens (including phenoxy) is 4. The number of hydrogen-bond donors (Lipinski definition) is 1. The molecule has 1 saturated heterocycles. The fraction of sp³-hybridized carbons (Fsp3) is 0.600. The van der Waals surface area contributed by atoms with E-state index in [9.17, 15) is 9.59 Å². The van der Waals surface area contributed by atoms with Crippen molar-refractivity contribution in [2.75, 3.05) is 34.4 Å². The van der Waals surface area contributed by atoms with E-state index in [0.717, 1.165) is 18.4 Å². The SMILES string of the molecule is COC(=O)NC1CN(C(=O)OC)CC1c1ccc(OC)c(OC2CCCC2)c1. The number of carbonyl (C=O) groups is 2. The minimum Gasteiger partial charge on any atom is -0.493 e. The maximum Gasteiger partial charge on any atom is 0.409 e. The Bertz CT molecular complexity index is 704. The highest BCUT2D eigenvalue weighted by atomic mass is 16.5. The third-order valence-electron chi connectivity index (χ3n) is 5.45. The number of amides is 2. The van der Waals surface area contributed by atoms with Crippen LogP contribution in [0.5, 0.6) is 11.5 Å². The maximum atomic E-state index is 12.0. The van der Waals surface area contributed by atoms with Gasteiger partial charge in [0, 0.05) is 19.0 Å². The predicted molar refractivity (Wildman–Crippen MR) is 102 cm³/mol. The van der Waals surface area contributed by atoms with Gasteiger partial charge in [-0.1, -0.05) is 6.07 Å². The minimum absolute atomic E-state index is 0.116. The molecule has 28 heavy (non-hydrogen) atoms. The van der Waals surface area contributed by atoms with Gasteiger partial charge >= 0.3 is 12.2 Å². The summed E-state index contributed by atoms with van der Waals surface area (Å²) in [5, 5.41) is 2.82. The summed E-state index contributed by atoms with van der Waals surface area (Å²) in [6, 6.07) is 5.47. The lowest BCUT2D eigenvalue weighted by Crippen LogP contribution is -2.40. The van der Waals surface area contributed by atoms with Gasteiger partial charge < -0.3 is 29.2 Å². The molecule has 1 aromatic rings. The molecule has 8 heteroatoms. The zero-order valence-electron chi connectivity index (χ0n) is 16.6. The molecule has 154 valence electrons. The molecule has 2 aliphatic rings. The molecule has 3 rings (SSSR count). The number of hydrogen-bond acceptors (Lipinski definition) is 6. The van der Waals surface area contributed by atoms with Crippen molar-refractivity contribution in [2.24, 2.45) is 0 Å². The fourth-order valence-corrected chi connectivity index (χ4v) is 3.98. The van der Waals surface area contributed by atoms with Crippen LogP contribution in [0.2, 0.25) is 0 Å². The number of carbonyl (C=O) groups excluding carboxylic acids is 2. The molecule has 8 nitrogen and oxygen atoms in total. The number of likely N-dealkylation sites (tertiary alicyclic amines) is 1. The first kappa shape index (κ1) is 20.1. The Labute approximate surface area is 165 Å². The second-order valence-corrected chi connectivity index (χ2v) is 7.16. The smallest absolute Gasteiger partial charge is 0.409 e. The Balaban J connectivity index is 1.85. The first-order chi connectivity index (χ1) is 13.5. The molecule has 1 aliphatic carbocycles. The van der Waals surface area contributed by atoms with E-state index in [1.165, 1.54) is 27.1 Å². The maximum absolute atomic E-state index is 12.0. The number of alkyl carbamates (subject to hydrolysis) is 1. The summed E-state index contributed by atoms with van der Waals surface area (Å²) in [5.41, 5.74) is 0.960. The molecule has 0 radical (unpaired) electrons. The number of nitrogens with one attached hydrogen (secondary N) is 1. The van der Waals surface area contributed by atoms with Gasteiger partial charge in [-0.3, -0.25) is 0 Å². The van der Waals surface area contributed by atoms with Crippen molar-refractivity contribution in [2.45, 2.75) is 43.7 Å². The topological polar surface area (TPSA) is 86.3 Å². The van der Waals surface area contributed by atoms with Crippen molar-refractivity contribution in [1.29, 1.82) is 0 Å². The highest BCUT2D eigenvalue weighted by molar-refractivity contribution is 5.70. The van der Waals surface area contributed by atoms with E-state index in [1.54, 1.807) is 12.0 Å². The van der Waals surface area contributed by atoms with Crippen LogP contribution < -0.4 is 14.8 Å². The monoisotopic (exact) mass is 392 g/mol. The highest BCUT2D eigenvalue weighted by Gasteiger charge is 2.38. The third-order valence-corrected chi connectivity index (χ3v) is 5.45. The molecule has 0 aromatic heterocycles. The fourth-order valence-electron chi connectivity index (χ4n) is 3.98. The molecule has 1 saturated carbocycles. The van der Waals surface area contributed by atoms with Crippen molar-refractivity contribution in [1.82, 2.24) is 10.2 Å². The van der Waals surface area contributed by atoms with Gasteiger partial charge in [0.1, 0.15) is 0 Å². The molecule has 1 heterocycles. The van der Waals surface area contributed by atoms with E-state index in [-0.39, 0.29) is 18.1 Å². The van der Waals surface area contributed by atoms with Gasteiger partial charge in [0.25, 0.3) is 0 Å². The van der Waals surface area contributed by atoms with Gasteiger partial charge in [0.15, 0.2) is 11.5 Å². The van der Waals surface area contributed by atoms with E-state index in [4.69, 9.17) is 18.9 Å². The second kappa shape index (κ2) is 9.03.